The van der Waals surface area contributed by atoms with Crippen molar-refractivity contribution < 1.29 is 0 Å². The first-order chi connectivity index (χ1) is 7.41. The summed E-state index contributed by atoms with van der Waals surface area (Å²) in [5.74, 6) is 0.524. The van der Waals surface area contributed by atoms with Crippen molar-refractivity contribution in [2.75, 3.05) is 6.54 Å². The maximum atomic E-state index is 4.84. The van der Waals surface area contributed by atoms with Crippen LogP contribution in [0.3, 0.4) is 0 Å². The normalized spacial score (nSPS) is 16.6. The maximum Gasteiger partial charge on any atom is 0.0686 e. The van der Waals surface area contributed by atoms with Crippen molar-refractivity contribution in [1.29, 1.82) is 0 Å². The Kier molecular flexibility index (Phi) is 2.82. The van der Waals surface area contributed by atoms with Crippen LogP contribution in [0.5, 0.6) is 0 Å². The molecule has 3 heteroatoms. The molecule has 90 valence electrons. The molecule has 0 unspecified atom stereocenters. The van der Waals surface area contributed by atoms with E-state index in [1.165, 1.54) is 17.0 Å². The molecule has 0 bridgehead atoms. The monoisotopic (exact) mass is 221 g/mol. The minimum atomic E-state index is 0.0796. The van der Waals surface area contributed by atoms with Gasteiger partial charge in [-0.25, -0.2) is 0 Å². The molecule has 0 spiro atoms. The first-order valence-electron chi connectivity index (χ1n) is 6.23. The molecule has 2 rings (SSSR count). The highest BCUT2D eigenvalue weighted by Gasteiger charge is 2.27. The maximum absolute atomic E-state index is 4.84. The van der Waals surface area contributed by atoms with E-state index in [1.807, 2.05) is 0 Å². The molecule has 2 heterocycles. The van der Waals surface area contributed by atoms with Gasteiger partial charge in [-0.2, -0.15) is 5.10 Å². The molecule has 0 saturated heterocycles. The van der Waals surface area contributed by atoms with Crippen LogP contribution < -0.4 is 5.32 Å². The van der Waals surface area contributed by atoms with Crippen LogP contribution in [0, 0.1) is 0 Å². The Morgan fingerprint density at radius 1 is 1.31 bits per heavy atom. The Hall–Kier alpha value is -0.830. The molecule has 0 fully saturated rings. The fraction of sp³-hybridized carbons (Fsp3) is 0.769. The second-order valence-electron chi connectivity index (χ2n) is 5.97. The minimum absolute atomic E-state index is 0.0796. The van der Waals surface area contributed by atoms with Crippen molar-refractivity contribution >= 4 is 0 Å². The Balaban J connectivity index is 2.55. The summed E-state index contributed by atoms with van der Waals surface area (Å²) >= 11 is 0. The molecule has 0 aliphatic carbocycles. The van der Waals surface area contributed by atoms with E-state index in [1.54, 1.807) is 0 Å². The van der Waals surface area contributed by atoms with Crippen molar-refractivity contribution in [3.8, 4) is 0 Å². The van der Waals surface area contributed by atoms with Gasteiger partial charge in [-0.3, -0.25) is 4.68 Å². The van der Waals surface area contributed by atoms with Gasteiger partial charge in [0, 0.05) is 6.54 Å². The van der Waals surface area contributed by atoms with Gasteiger partial charge in [0.2, 0.25) is 0 Å². The fourth-order valence-corrected chi connectivity index (χ4v) is 2.40. The van der Waals surface area contributed by atoms with E-state index in [2.05, 4.69) is 44.6 Å². The molecule has 1 aliphatic rings. The zero-order valence-corrected chi connectivity index (χ0v) is 11.1. The summed E-state index contributed by atoms with van der Waals surface area (Å²) in [6, 6.07) is 0. The van der Waals surface area contributed by atoms with Gasteiger partial charge in [0.25, 0.3) is 0 Å². The fourth-order valence-electron chi connectivity index (χ4n) is 2.40. The third-order valence-corrected chi connectivity index (χ3v) is 3.15. The number of rotatable bonds is 1. The largest absolute Gasteiger partial charge is 0.311 e. The Labute approximate surface area is 98.2 Å². The van der Waals surface area contributed by atoms with E-state index in [4.69, 9.17) is 5.10 Å². The van der Waals surface area contributed by atoms with E-state index in [-0.39, 0.29) is 5.54 Å². The number of hydrogen-bond donors (Lipinski definition) is 1. The smallest absolute Gasteiger partial charge is 0.0686 e. The lowest BCUT2D eigenvalue weighted by Crippen LogP contribution is -2.31. The molecular weight excluding hydrogens is 198 g/mol. The molecule has 1 N–H and O–H groups in total. The number of aromatic nitrogens is 2. The standard InChI is InChI=1S/C13H23N3/c1-9(2)12-10-6-7-14-8-11(10)16(15-12)13(3,4)5/h9,14H,6-8H2,1-5H3. The summed E-state index contributed by atoms with van der Waals surface area (Å²) in [6.07, 6.45) is 1.12. The van der Waals surface area contributed by atoms with Crippen LogP contribution in [0.2, 0.25) is 0 Å². The van der Waals surface area contributed by atoms with Crippen LogP contribution in [0.25, 0.3) is 0 Å². The van der Waals surface area contributed by atoms with Gasteiger partial charge in [0.15, 0.2) is 0 Å². The molecule has 1 aromatic heterocycles. The molecule has 0 saturated carbocycles. The predicted molar refractivity (Wildman–Crippen MR) is 66.7 cm³/mol. The van der Waals surface area contributed by atoms with Crippen LogP contribution in [-0.4, -0.2) is 16.3 Å². The highest BCUT2D eigenvalue weighted by molar-refractivity contribution is 5.31. The van der Waals surface area contributed by atoms with E-state index < -0.39 is 0 Å². The highest BCUT2D eigenvalue weighted by atomic mass is 15.3. The topological polar surface area (TPSA) is 29.9 Å². The van der Waals surface area contributed by atoms with E-state index in [9.17, 15) is 0 Å². The SMILES string of the molecule is CC(C)c1nn(C(C)(C)C)c2c1CCNC2. The van der Waals surface area contributed by atoms with E-state index in [0.717, 1.165) is 19.5 Å². The number of nitrogens with zero attached hydrogens (tertiary/aromatic N) is 2. The number of hydrogen-bond acceptors (Lipinski definition) is 2. The van der Waals surface area contributed by atoms with Crippen molar-refractivity contribution in [2.45, 2.75) is 59.0 Å². The predicted octanol–water partition coefficient (Wildman–Crippen LogP) is 2.41. The van der Waals surface area contributed by atoms with Gasteiger partial charge >= 0.3 is 0 Å². The second kappa shape index (κ2) is 3.88. The molecule has 3 nitrogen and oxygen atoms in total. The third-order valence-electron chi connectivity index (χ3n) is 3.15. The zero-order valence-electron chi connectivity index (χ0n) is 11.1. The van der Waals surface area contributed by atoms with Gasteiger partial charge in [0.05, 0.1) is 16.9 Å². The molecule has 0 atom stereocenters. The lowest BCUT2D eigenvalue weighted by atomic mass is 9.98. The Morgan fingerprint density at radius 2 is 2.00 bits per heavy atom. The van der Waals surface area contributed by atoms with Gasteiger partial charge in [-0.1, -0.05) is 13.8 Å². The van der Waals surface area contributed by atoms with Crippen LogP contribution in [-0.2, 0) is 18.5 Å². The van der Waals surface area contributed by atoms with E-state index in [0.29, 0.717) is 5.92 Å². The van der Waals surface area contributed by atoms with Crippen molar-refractivity contribution in [2.24, 2.45) is 0 Å². The number of nitrogens with one attached hydrogen (secondary N) is 1. The van der Waals surface area contributed by atoms with Gasteiger partial charge < -0.3 is 5.32 Å². The lowest BCUT2D eigenvalue weighted by molar-refractivity contribution is 0.335. The summed E-state index contributed by atoms with van der Waals surface area (Å²) < 4.78 is 2.21. The minimum Gasteiger partial charge on any atom is -0.311 e. The highest BCUT2D eigenvalue weighted by Crippen LogP contribution is 2.28. The first-order valence-corrected chi connectivity index (χ1v) is 6.23. The quantitative estimate of drug-likeness (QED) is 0.789. The number of fused-ring (bicyclic) bond motifs is 1. The zero-order chi connectivity index (χ0) is 11.9. The van der Waals surface area contributed by atoms with Crippen molar-refractivity contribution in [3.63, 3.8) is 0 Å². The van der Waals surface area contributed by atoms with Crippen LogP contribution in [0.4, 0.5) is 0 Å². The first kappa shape index (κ1) is 11.6. The van der Waals surface area contributed by atoms with Crippen molar-refractivity contribution in [3.05, 3.63) is 17.0 Å². The summed E-state index contributed by atoms with van der Waals surface area (Å²) in [5.41, 5.74) is 4.26. The van der Waals surface area contributed by atoms with E-state index >= 15 is 0 Å². The van der Waals surface area contributed by atoms with Crippen LogP contribution in [0.15, 0.2) is 0 Å². The second-order valence-corrected chi connectivity index (χ2v) is 5.97. The lowest BCUT2D eigenvalue weighted by Gasteiger charge is -2.24. The molecule has 0 radical (unpaired) electrons. The molecule has 0 aromatic carbocycles. The average Bonchev–Trinajstić information content (AvgIpc) is 2.56. The summed E-state index contributed by atoms with van der Waals surface area (Å²) in [4.78, 5) is 0. The van der Waals surface area contributed by atoms with Crippen LogP contribution in [0.1, 0.15) is 57.5 Å². The molecule has 16 heavy (non-hydrogen) atoms. The summed E-state index contributed by atoms with van der Waals surface area (Å²) in [5, 5.41) is 8.28. The molecule has 1 aliphatic heterocycles. The van der Waals surface area contributed by atoms with Gasteiger partial charge in [0.1, 0.15) is 0 Å². The summed E-state index contributed by atoms with van der Waals surface area (Å²) in [7, 11) is 0. The molecule has 0 amide bonds. The third kappa shape index (κ3) is 1.88. The van der Waals surface area contributed by atoms with Gasteiger partial charge in [-0.15, -0.1) is 0 Å². The average molecular weight is 221 g/mol. The molecule has 1 aromatic rings. The Bertz CT molecular complexity index is 383. The Morgan fingerprint density at radius 3 is 2.56 bits per heavy atom. The summed E-state index contributed by atoms with van der Waals surface area (Å²) in [6.45, 7) is 13.2. The van der Waals surface area contributed by atoms with Crippen molar-refractivity contribution in [1.82, 2.24) is 15.1 Å². The van der Waals surface area contributed by atoms with Gasteiger partial charge in [-0.05, 0) is 45.2 Å². The van der Waals surface area contributed by atoms with Crippen LogP contribution >= 0.6 is 0 Å². The molecular formula is C13H23N3.